The van der Waals surface area contributed by atoms with Crippen LogP contribution >= 0.6 is 11.8 Å². The Morgan fingerprint density at radius 2 is 1.85 bits per heavy atom. The van der Waals surface area contributed by atoms with Gasteiger partial charge in [-0.05, 0) is 66.3 Å². The van der Waals surface area contributed by atoms with Crippen molar-refractivity contribution in [3.8, 4) is 5.75 Å². The Morgan fingerprint density at radius 3 is 2.74 bits per heavy atom. The lowest BCUT2D eigenvalue weighted by Crippen LogP contribution is -2.02. The molecule has 0 N–H and O–H groups in total. The SMILES string of the molecule is Fc1cc2ccc(/C=C/c3ccc4c(c3)C(SC[C]3CC3)c3cccnc3CO4)nc2cc1F. The maximum Gasteiger partial charge on any atom is 0.161 e. The van der Waals surface area contributed by atoms with Gasteiger partial charge in [0.1, 0.15) is 12.4 Å². The topological polar surface area (TPSA) is 35.0 Å². The molecule has 0 amide bonds. The number of nitrogens with zero attached hydrogens (tertiary/aromatic N) is 2. The zero-order valence-electron chi connectivity index (χ0n) is 18.3. The normalized spacial score (nSPS) is 17.3. The molecule has 1 fully saturated rings. The van der Waals surface area contributed by atoms with Crippen LogP contribution in [-0.2, 0) is 6.61 Å². The minimum Gasteiger partial charge on any atom is -0.487 e. The highest BCUT2D eigenvalue weighted by atomic mass is 32.2. The third-order valence-corrected chi connectivity index (χ3v) is 7.56. The highest BCUT2D eigenvalue weighted by Gasteiger charge is 2.29. The van der Waals surface area contributed by atoms with Crippen LogP contribution in [0.3, 0.4) is 0 Å². The van der Waals surface area contributed by atoms with Crippen molar-refractivity contribution in [3.63, 3.8) is 0 Å². The van der Waals surface area contributed by atoms with Gasteiger partial charge in [-0.15, -0.1) is 11.8 Å². The first kappa shape index (κ1) is 21.3. The van der Waals surface area contributed by atoms with E-state index in [0.29, 0.717) is 23.2 Å². The Bertz CT molecular complexity index is 1420. The third kappa shape index (κ3) is 4.30. The maximum absolute atomic E-state index is 13.6. The molecule has 6 rings (SSSR count). The molecule has 1 aliphatic heterocycles. The van der Waals surface area contributed by atoms with Crippen LogP contribution in [0.15, 0.2) is 60.8 Å². The van der Waals surface area contributed by atoms with E-state index >= 15 is 0 Å². The van der Waals surface area contributed by atoms with E-state index in [-0.39, 0.29) is 5.25 Å². The summed E-state index contributed by atoms with van der Waals surface area (Å²) in [5.74, 6) is 1.78. The van der Waals surface area contributed by atoms with Gasteiger partial charge < -0.3 is 4.74 Å². The van der Waals surface area contributed by atoms with Gasteiger partial charge >= 0.3 is 0 Å². The number of rotatable bonds is 5. The first-order chi connectivity index (χ1) is 16.6. The summed E-state index contributed by atoms with van der Waals surface area (Å²) in [7, 11) is 0. The molecule has 3 nitrogen and oxygen atoms in total. The van der Waals surface area contributed by atoms with Crippen molar-refractivity contribution >= 4 is 34.8 Å². The molecule has 2 aromatic carbocycles. The fraction of sp³-hybridized carbons (Fsp3) is 0.179. The number of halogens is 2. The summed E-state index contributed by atoms with van der Waals surface area (Å²) < 4.78 is 33.2. The second-order valence-electron chi connectivity index (χ2n) is 8.59. The van der Waals surface area contributed by atoms with Gasteiger partial charge in [0.25, 0.3) is 0 Å². The number of pyridine rings is 2. The average Bonchev–Trinajstić information content (AvgIpc) is 3.69. The fourth-order valence-electron chi connectivity index (χ4n) is 4.15. The molecule has 0 bridgehead atoms. The van der Waals surface area contributed by atoms with Gasteiger partial charge in [-0.1, -0.05) is 24.3 Å². The summed E-state index contributed by atoms with van der Waals surface area (Å²) in [5, 5.41) is 0.721. The van der Waals surface area contributed by atoms with Crippen LogP contribution in [0.2, 0.25) is 0 Å². The van der Waals surface area contributed by atoms with Gasteiger partial charge in [0.05, 0.1) is 22.2 Å². The Morgan fingerprint density at radius 1 is 0.971 bits per heavy atom. The zero-order valence-corrected chi connectivity index (χ0v) is 19.1. The van der Waals surface area contributed by atoms with Crippen LogP contribution < -0.4 is 4.74 Å². The summed E-state index contributed by atoms with van der Waals surface area (Å²) >= 11 is 1.93. The maximum atomic E-state index is 13.6. The van der Waals surface area contributed by atoms with Crippen LogP contribution in [-0.4, -0.2) is 15.7 Å². The van der Waals surface area contributed by atoms with E-state index in [1.54, 1.807) is 18.1 Å². The Balaban J connectivity index is 1.33. The number of aromatic nitrogens is 2. The molecule has 2 aromatic heterocycles. The van der Waals surface area contributed by atoms with E-state index in [0.717, 1.165) is 34.4 Å². The molecule has 0 saturated heterocycles. The second-order valence-corrected chi connectivity index (χ2v) is 9.69. The van der Waals surface area contributed by atoms with Crippen LogP contribution in [0.1, 0.15) is 46.2 Å². The Labute approximate surface area is 200 Å². The summed E-state index contributed by atoms with van der Waals surface area (Å²) in [6, 6.07) is 16.2. The van der Waals surface area contributed by atoms with Crippen molar-refractivity contribution < 1.29 is 13.5 Å². The summed E-state index contributed by atoms with van der Waals surface area (Å²) in [6.07, 6.45) is 8.17. The quantitative estimate of drug-likeness (QED) is 0.309. The average molecular weight is 472 g/mol. The van der Waals surface area contributed by atoms with E-state index in [1.807, 2.05) is 48.3 Å². The van der Waals surface area contributed by atoms with Gasteiger partial charge in [-0.3, -0.25) is 4.98 Å². The molecule has 1 saturated carbocycles. The van der Waals surface area contributed by atoms with Crippen LogP contribution in [0.25, 0.3) is 23.1 Å². The fourth-order valence-corrected chi connectivity index (χ4v) is 5.60. The second kappa shape index (κ2) is 8.84. The molecule has 3 heterocycles. The Hall–Kier alpha value is -3.25. The minimum atomic E-state index is -0.894. The predicted octanol–water partition coefficient (Wildman–Crippen LogP) is 7.16. The van der Waals surface area contributed by atoms with Crippen LogP contribution in [0.4, 0.5) is 8.78 Å². The first-order valence-corrected chi connectivity index (χ1v) is 12.3. The summed E-state index contributed by atoms with van der Waals surface area (Å²) in [4.78, 5) is 9.03. The molecule has 34 heavy (non-hydrogen) atoms. The van der Waals surface area contributed by atoms with Crippen molar-refractivity contribution in [2.75, 3.05) is 5.75 Å². The molecular weight excluding hydrogens is 450 g/mol. The first-order valence-electron chi connectivity index (χ1n) is 11.2. The van der Waals surface area contributed by atoms with E-state index < -0.39 is 11.6 Å². The molecular formula is C28H21F2N2OS. The van der Waals surface area contributed by atoms with Crippen LogP contribution in [0, 0.1) is 17.6 Å². The highest BCUT2D eigenvalue weighted by Crippen LogP contribution is 2.47. The number of ether oxygens (including phenoxy) is 1. The molecule has 1 atom stereocenters. The Kier molecular flexibility index (Phi) is 5.53. The van der Waals surface area contributed by atoms with Crippen molar-refractivity contribution in [1.82, 2.24) is 9.97 Å². The van der Waals surface area contributed by atoms with Gasteiger partial charge in [0.2, 0.25) is 0 Å². The monoisotopic (exact) mass is 471 g/mol. The number of benzene rings is 2. The lowest BCUT2D eigenvalue weighted by molar-refractivity contribution is 0.302. The minimum absolute atomic E-state index is 0.152. The predicted molar refractivity (Wildman–Crippen MR) is 132 cm³/mol. The van der Waals surface area contributed by atoms with E-state index in [4.69, 9.17) is 4.74 Å². The van der Waals surface area contributed by atoms with E-state index in [2.05, 4.69) is 22.1 Å². The van der Waals surface area contributed by atoms with Gasteiger partial charge in [-0.2, -0.15) is 0 Å². The lowest BCUT2D eigenvalue weighted by Gasteiger charge is -2.18. The molecule has 1 aliphatic carbocycles. The van der Waals surface area contributed by atoms with Gasteiger partial charge in [0.15, 0.2) is 11.6 Å². The van der Waals surface area contributed by atoms with Gasteiger partial charge in [-0.25, -0.2) is 13.8 Å². The van der Waals surface area contributed by atoms with Crippen molar-refractivity contribution in [1.29, 1.82) is 0 Å². The number of thioether (sulfide) groups is 1. The van der Waals surface area contributed by atoms with Crippen molar-refractivity contribution in [3.05, 3.63) is 106 Å². The van der Waals surface area contributed by atoms with Crippen molar-refractivity contribution in [2.45, 2.75) is 24.7 Å². The van der Waals surface area contributed by atoms with E-state index in [9.17, 15) is 8.78 Å². The number of hydrogen-bond acceptors (Lipinski definition) is 4. The van der Waals surface area contributed by atoms with Crippen molar-refractivity contribution in [2.24, 2.45) is 0 Å². The molecule has 169 valence electrons. The molecule has 1 radical (unpaired) electrons. The number of fused-ring (bicyclic) bond motifs is 3. The summed E-state index contributed by atoms with van der Waals surface area (Å²) in [5.41, 5.74) is 5.46. The molecule has 4 aromatic rings. The standard InChI is InChI=1S/C28H21F2N2OS/c29-23-13-19-7-9-20(32-25(19)14-24(23)30)8-5-17-6-10-27-22(12-17)28(34-16-18-3-4-18)21-2-1-11-31-26(21)15-33-27/h1-2,5-14,28H,3-4,15-16H2/b8-5+. The molecule has 2 aliphatic rings. The lowest BCUT2D eigenvalue weighted by atomic mass is 10.0. The highest BCUT2D eigenvalue weighted by molar-refractivity contribution is 7.99. The smallest absolute Gasteiger partial charge is 0.161 e. The number of hydrogen-bond donors (Lipinski definition) is 0. The third-order valence-electron chi connectivity index (χ3n) is 6.15. The van der Waals surface area contributed by atoms with Gasteiger partial charge in [0, 0.05) is 29.0 Å². The zero-order chi connectivity index (χ0) is 23.1. The van der Waals surface area contributed by atoms with E-state index in [1.165, 1.54) is 24.5 Å². The summed E-state index contributed by atoms with van der Waals surface area (Å²) in [6.45, 7) is 0.462. The molecule has 1 unspecified atom stereocenters. The largest absolute Gasteiger partial charge is 0.487 e. The molecule has 6 heteroatoms. The molecule has 0 spiro atoms. The van der Waals surface area contributed by atoms with Crippen LogP contribution in [0.5, 0.6) is 5.75 Å².